The van der Waals surface area contributed by atoms with Crippen LogP contribution in [-0.4, -0.2) is 44.0 Å². The van der Waals surface area contributed by atoms with Crippen LogP contribution in [0.3, 0.4) is 0 Å². The molecule has 26 heavy (non-hydrogen) atoms. The second kappa shape index (κ2) is 9.27. The lowest BCUT2D eigenvalue weighted by atomic mass is 10.2. The summed E-state index contributed by atoms with van der Waals surface area (Å²) in [5.41, 5.74) is 1.92. The summed E-state index contributed by atoms with van der Waals surface area (Å²) < 4.78 is 5.44. The molecule has 2 aromatic carbocycles. The molecule has 2 N–H and O–H groups in total. The van der Waals surface area contributed by atoms with Crippen molar-refractivity contribution in [2.45, 2.75) is 0 Å². The molecule has 0 fully saturated rings. The van der Waals surface area contributed by atoms with Crippen LogP contribution in [0.15, 0.2) is 61.2 Å². The lowest BCUT2D eigenvalue weighted by Crippen LogP contribution is -2.23. The molecule has 2 amide bonds. The first-order valence-electron chi connectivity index (χ1n) is 8.19. The molecule has 2 aromatic rings. The fourth-order valence-corrected chi connectivity index (χ4v) is 2.23. The first kappa shape index (κ1) is 19.1. The number of carbonyl (C=O) groups is 2. The monoisotopic (exact) mass is 353 g/mol. The fraction of sp³-hybridized carbons (Fsp3) is 0.200. The van der Waals surface area contributed by atoms with Crippen molar-refractivity contribution in [2.24, 2.45) is 0 Å². The minimum absolute atomic E-state index is 0.0807. The van der Waals surface area contributed by atoms with Gasteiger partial charge in [0.15, 0.2) is 0 Å². The maximum Gasteiger partial charge on any atom is 0.253 e. The zero-order chi connectivity index (χ0) is 18.9. The average Bonchev–Trinajstić information content (AvgIpc) is 2.64. The van der Waals surface area contributed by atoms with Crippen LogP contribution < -0.4 is 15.4 Å². The summed E-state index contributed by atoms with van der Waals surface area (Å²) in [6.45, 7) is 4.08. The van der Waals surface area contributed by atoms with Gasteiger partial charge in [-0.2, -0.15) is 0 Å². The lowest BCUT2D eigenvalue weighted by molar-refractivity contribution is -0.114. The zero-order valence-electron chi connectivity index (χ0n) is 15.0. The van der Waals surface area contributed by atoms with E-state index in [1.54, 1.807) is 56.6 Å². The third-order valence-corrected chi connectivity index (χ3v) is 3.45. The SMILES string of the molecule is C=CCOc1cccc(NC(=O)CNc2cccc(C(=O)N(C)C)c2)c1. The summed E-state index contributed by atoms with van der Waals surface area (Å²) in [7, 11) is 3.39. The number of amides is 2. The van der Waals surface area contributed by atoms with E-state index in [0.29, 0.717) is 29.3 Å². The van der Waals surface area contributed by atoms with Crippen LogP contribution >= 0.6 is 0 Å². The summed E-state index contributed by atoms with van der Waals surface area (Å²) in [6.07, 6.45) is 1.66. The molecule has 0 radical (unpaired) electrons. The molecule has 0 saturated carbocycles. The molecule has 0 aliphatic rings. The van der Waals surface area contributed by atoms with Gasteiger partial charge in [-0.05, 0) is 30.3 Å². The molecular weight excluding hydrogens is 330 g/mol. The number of hydrogen-bond acceptors (Lipinski definition) is 4. The van der Waals surface area contributed by atoms with Crippen molar-refractivity contribution in [3.8, 4) is 5.75 Å². The van der Waals surface area contributed by atoms with Crippen LogP contribution in [0.4, 0.5) is 11.4 Å². The molecule has 2 rings (SSSR count). The van der Waals surface area contributed by atoms with Crippen LogP contribution in [0, 0.1) is 0 Å². The summed E-state index contributed by atoms with van der Waals surface area (Å²) in [4.78, 5) is 25.6. The highest BCUT2D eigenvalue weighted by atomic mass is 16.5. The number of hydrogen-bond donors (Lipinski definition) is 2. The van der Waals surface area contributed by atoms with Gasteiger partial charge in [-0.3, -0.25) is 9.59 Å². The lowest BCUT2D eigenvalue weighted by Gasteiger charge is -2.12. The predicted molar refractivity (Wildman–Crippen MR) is 104 cm³/mol. The Balaban J connectivity index is 1.92. The van der Waals surface area contributed by atoms with Gasteiger partial charge in [-0.15, -0.1) is 0 Å². The molecule has 0 bridgehead atoms. The van der Waals surface area contributed by atoms with E-state index in [0.717, 1.165) is 0 Å². The van der Waals surface area contributed by atoms with E-state index in [9.17, 15) is 9.59 Å². The Bertz CT molecular complexity index is 787. The number of ether oxygens (including phenoxy) is 1. The van der Waals surface area contributed by atoms with Crippen molar-refractivity contribution in [1.29, 1.82) is 0 Å². The number of rotatable bonds is 8. The minimum Gasteiger partial charge on any atom is -0.489 e. The molecule has 0 heterocycles. The van der Waals surface area contributed by atoms with Gasteiger partial charge in [0.25, 0.3) is 5.91 Å². The van der Waals surface area contributed by atoms with Crippen molar-refractivity contribution in [1.82, 2.24) is 4.90 Å². The number of benzene rings is 2. The summed E-state index contributed by atoms with van der Waals surface area (Å²) in [5, 5.41) is 5.82. The maximum absolute atomic E-state index is 12.1. The molecule has 6 heteroatoms. The van der Waals surface area contributed by atoms with Gasteiger partial charge in [0, 0.05) is 37.1 Å². The van der Waals surface area contributed by atoms with Crippen molar-refractivity contribution in [3.05, 3.63) is 66.7 Å². The largest absolute Gasteiger partial charge is 0.489 e. The highest BCUT2D eigenvalue weighted by molar-refractivity contribution is 5.96. The van der Waals surface area contributed by atoms with Gasteiger partial charge in [-0.25, -0.2) is 0 Å². The zero-order valence-corrected chi connectivity index (χ0v) is 15.0. The van der Waals surface area contributed by atoms with Gasteiger partial charge in [0.05, 0.1) is 6.54 Å². The quantitative estimate of drug-likeness (QED) is 0.716. The van der Waals surface area contributed by atoms with E-state index in [4.69, 9.17) is 4.74 Å². The Morgan fingerprint density at radius 1 is 1.12 bits per heavy atom. The summed E-state index contributed by atoms with van der Waals surface area (Å²) >= 11 is 0. The Kier molecular flexibility index (Phi) is 6.79. The molecule has 0 aliphatic carbocycles. The third kappa shape index (κ3) is 5.66. The average molecular weight is 353 g/mol. The van der Waals surface area contributed by atoms with Crippen molar-refractivity contribution >= 4 is 23.2 Å². The second-order valence-electron chi connectivity index (χ2n) is 5.81. The maximum atomic E-state index is 12.1. The Morgan fingerprint density at radius 3 is 2.58 bits per heavy atom. The molecule has 136 valence electrons. The van der Waals surface area contributed by atoms with Crippen molar-refractivity contribution < 1.29 is 14.3 Å². The van der Waals surface area contributed by atoms with Crippen LogP contribution in [0.5, 0.6) is 5.75 Å². The highest BCUT2D eigenvalue weighted by Gasteiger charge is 2.09. The summed E-state index contributed by atoms with van der Waals surface area (Å²) in [5.74, 6) is 0.371. The smallest absolute Gasteiger partial charge is 0.253 e. The Labute approximate surface area is 153 Å². The number of carbonyl (C=O) groups excluding carboxylic acids is 2. The van der Waals surface area contributed by atoms with Crippen molar-refractivity contribution in [3.63, 3.8) is 0 Å². The van der Waals surface area contributed by atoms with Crippen LogP contribution in [0.1, 0.15) is 10.4 Å². The third-order valence-electron chi connectivity index (χ3n) is 3.45. The number of anilines is 2. The molecule has 0 aromatic heterocycles. The highest BCUT2D eigenvalue weighted by Crippen LogP contribution is 2.17. The first-order chi connectivity index (χ1) is 12.5. The standard InChI is InChI=1S/C20H23N3O3/c1-4-11-26-18-10-6-9-17(13-18)22-19(24)14-21-16-8-5-7-15(12-16)20(25)23(2)3/h4-10,12-13,21H,1,11,14H2,2-3H3,(H,22,24). The topological polar surface area (TPSA) is 70.7 Å². The molecule has 0 saturated heterocycles. The van der Waals surface area contributed by atoms with E-state index in [2.05, 4.69) is 17.2 Å². The molecular formula is C20H23N3O3. The Morgan fingerprint density at radius 2 is 1.85 bits per heavy atom. The number of nitrogens with one attached hydrogen (secondary N) is 2. The predicted octanol–water partition coefficient (Wildman–Crippen LogP) is 3.00. The van der Waals surface area contributed by atoms with Gasteiger partial charge < -0.3 is 20.3 Å². The first-order valence-corrected chi connectivity index (χ1v) is 8.19. The fourth-order valence-electron chi connectivity index (χ4n) is 2.23. The van der Waals surface area contributed by atoms with Gasteiger partial charge >= 0.3 is 0 Å². The van der Waals surface area contributed by atoms with Gasteiger partial charge in [0.2, 0.25) is 5.91 Å². The number of nitrogens with zero attached hydrogens (tertiary/aromatic N) is 1. The molecule has 0 unspecified atom stereocenters. The molecule has 0 aliphatic heterocycles. The Hall–Kier alpha value is -3.28. The van der Waals surface area contributed by atoms with Crippen LogP contribution in [-0.2, 0) is 4.79 Å². The second-order valence-corrected chi connectivity index (χ2v) is 5.81. The van der Waals surface area contributed by atoms with Gasteiger partial charge in [0.1, 0.15) is 12.4 Å². The van der Waals surface area contributed by atoms with Crippen LogP contribution in [0.2, 0.25) is 0 Å². The summed E-state index contributed by atoms with van der Waals surface area (Å²) in [6, 6.07) is 14.2. The van der Waals surface area contributed by atoms with E-state index in [-0.39, 0.29) is 18.4 Å². The molecule has 6 nitrogen and oxygen atoms in total. The van der Waals surface area contributed by atoms with Gasteiger partial charge in [-0.1, -0.05) is 24.8 Å². The van der Waals surface area contributed by atoms with Crippen LogP contribution in [0.25, 0.3) is 0 Å². The normalized spacial score (nSPS) is 9.92. The minimum atomic E-state index is -0.199. The van der Waals surface area contributed by atoms with Crippen molar-refractivity contribution in [2.75, 3.05) is 37.9 Å². The van der Waals surface area contributed by atoms with E-state index >= 15 is 0 Å². The molecule has 0 spiro atoms. The van der Waals surface area contributed by atoms with E-state index in [1.807, 2.05) is 12.1 Å². The molecule has 0 atom stereocenters. The van der Waals surface area contributed by atoms with E-state index < -0.39 is 0 Å². The van der Waals surface area contributed by atoms with E-state index in [1.165, 1.54) is 4.90 Å².